The lowest BCUT2D eigenvalue weighted by molar-refractivity contribution is 0.498. The molecule has 11 rings (SSSR count). The fraction of sp³-hybridized carbons (Fsp3) is 0.185. The molecule has 5 aliphatic rings. The van der Waals surface area contributed by atoms with Crippen molar-refractivity contribution in [3.05, 3.63) is 209 Å². The molecule has 3 atom stereocenters. The highest BCUT2D eigenvalue weighted by Gasteiger charge is 2.33. The molecule has 0 N–H and O–H groups in total. The van der Waals surface area contributed by atoms with Crippen molar-refractivity contribution in [3.8, 4) is 0 Å². The molecule has 0 aromatic heterocycles. The number of allylic oxidation sites excluding steroid dienone is 12. The number of hydrogen-bond acceptors (Lipinski definition) is 1. The molecule has 0 saturated carbocycles. The van der Waals surface area contributed by atoms with Crippen LogP contribution in [0.4, 0.5) is 11.4 Å². The van der Waals surface area contributed by atoms with Crippen LogP contribution in [0, 0.1) is 5.92 Å². The Hall–Kier alpha value is -5.92. The van der Waals surface area contributed by atoms with E-state index in [1.54, 1.807) is 5.57 Å². The van der Waals surface area contributed by atoms with Gasteiger partial charge in [0.15, 0.2) is 0 Å². The van der Waals surface area contributed by atoms with Crippen molar-refractivity contribution in [2.45, 2.75) is 56.8 Å². The molecule has 5 aliphatic carbocycles. The van der Waals surface area contributed by atoms with Crippen molar-refractivity contribution >= 4 is 49.8 Å². The summed E-state index contributed by atoms with van der Waals surface area (Å²) in [5, 5.41) is 7.89. The topological polar surface area (TPSA) is 3.24 Å². The second-order valence-electron chi connectivity index (χ2n) is 16.1. The van der Waals surface area contributed by atoms with Crippen molar-refractivity contribution in [2.24, 2.45) is 5.92 Å². The molecule has 0 bridgehead atoms. The normalized spacial score (nSPS) is 21.3. The first-order chi connectivity index (χ1) is 27.3. The second-order valence-corrected chi connectivity index (χ2v) is 16.1. The maximum atomic E-state index is 2.61. The lowest BCUT2D eigenvalue weighted by atomic mass is 9.68. The van der Waals surface area contributed by atoms with Gasteiger partial charge in [0.05, 0.1) is 5.69 Å². The van der Waals surface area contributed by atoms with E-state index in [0.717, 1.165) is 38.5 Å². The van der Waals surface area contributed by atoms with E-state index in [9.17, 15) is 0 Å². The first-order valence-electron chi connectivity index (χ1n) is 20.5. The number of rotatable bonds is 5. The first kappa shape index (κ1) is 32.5. The predicted octanol–water partition coefficient (Wildman–Crippen LogP) is 14.5. The molecule has 0 spiro atoms. The lowest BCUT2D eigenvalue weighted by Crippen LogP contribution is -2.22. The summed E-state index contributed by atoms with van der Waals surface area (Å²) in [4.78, 5) is 2.55. The van der Waals surface area contributed by atoms with Gasteiger partial charge in [0.2, 0.25) is 0 Å². The van der Waals surface area contributed by atoms with Crippen LogP contribution in [0.3, 0.4) is 0 Å². The molecule has 266 valence electrons. The summed E-state index contributed by atoms with van der Waals surface area (Å²) in [6.45, 7) is 0. The largest absolute Gasteiger partial charge is 0.310 e. The molecule has 0 amide bonds. The molecule has 0 saturated heterocycles. The van der Waals surface area contributed by atoms with Crippen LogP contribution in [-0.2, 0) is 6.42 Å². The van der Waals surface area contributed by atoms with E-state index in [1.807, 2.05) is 0 Å². The molecule has 0 heterocycles. The van der Waals surface area contributed by atoms with Crippen LogP contribution < -0.4 is 4.90 Å². The summed E-state index contributed by atoms with van der Waals surface area (Å²) in [5.41, 5.74) is 14.0. The summed E-state index contributed by atoms with van der Waals surface area (Å²) in [6, 6.07) is 41.4. The number of nitrogens with zero attached hydrogens (tertiary/aromatic N) is 1. The quantitative estimate of drug-likeness (QED) is 0.161. The van der Waals surface area contributed by atoms with Gasteiger partial charge >= 0.3 is 0 Å². The Balaban J connectivity index is 1.02. The number of benzene rings is 6. The van der Waals surface area contributed by atoms with E-state index in [4.69, 9.17) is 0 Å². The predicted molar refractivity (Wildman–Crippen MR) is 234 cm³/mol. The fourth-order valence-corrected chi connectivity index (χ4v) is 10.4. The van der Waals surface area contributed by atoms with Gasteiger partial charge in [-0.05, 0) is 136 Å². The molecule has 6 aromatic rings. The van der Waals surface area contributed by atoms with Gasteiger partial charge in [-0.2, -0.15) is 0 Å². The Morgan fingerprint density at radius 1 is 0.600 bits per heavy atom. The monoisotopic (exact) mass is 707 g/mol. The van der Waals surface area contributed by atoms with Gasteiger partial charge in [0, 0.05) is 34.0 Å². The minimum Gasteiger partial charge on any atom is -0.310 e. The standard InChI is InChI=1S/C54H45N/c1-5-17-44-40(15-1)34-52(50-23-11-9-21-48(44)50)36-25-29-42(30-26-36)55(54-46-19-7-3-13-38(46)33-39-14-4-8-20-47(39)54)43-31-27-37(28-32-43)53-35-41-16-2-6-18-45(41)49-22-10-12-24-51(49)53/h1,3-4,6-11,13-15,18-23,25,27-36,51,53H,2,5,12,16-17,24,26H2. The lowest BCUT2D eigenvalue weighted by Gasteiger charge is -2.36. The van der Waals surface area contributed by atoms with Crippen LogP contribution in [0.5, 0.6) is 0 Å². The van der Waals surface area contributed by atoms with E-state index in [1.165, 1.54) is 89.2 Å². The molecular weight excluding hydrogens is 663 g/mol. The number of fused-ring (bicyclic) bond motifs is 7. The molecule has 0 fully saturated rings. The molecular formula is C54H45N. The van der Waals surface area contributed by atoms with Crippen molar-refractivity contribution in [1.82, 2.24) is 0 Å². The smallest absolute Gasteiger partial charge is 0.0618 e. The highest BCUT2D eigenvalue weighted by atomic mass is 15.1. The SMILES string of the molecule is C1=CC2=C3C=CCCC3C(c3ccc(N(C4=CCC(c5cc6c(c7ccccc57)CCC=C6)C=C4)c4c5ccccc5cc5ccccc45)cc3)C=C2CC1. The van der Waals surface area contributed by atoms with Gasteiger partial charge in [-0.25, -0.2) is 0 Å². The third-order valence-corrected chi connectivity index (χ3v) is 13.0. The van der Waals surface area contributed by atoms with Crippen LogP contribution in [0.15, 0.2) is 186 Å². The summed E-state index contributed by atoms with van der Waals surface area (Å²) in [5.74, 6) is 1.25. The Kier molecular flexibility index (Phi) is 7.94. The zero-order valence-corrected chi connectivity index (χ0v) is 31.3. The van der Waals surface area contributed by atoms with Gasteiger partial charge in [0.25, 0.3) is 0 Å². The van der Waals surface area contributed by atoms with Crippen molar-refractivity contribution in [2.75, 3.05) is 4.90 Å². The van der Waals surface area contributed by atoms with E-state index < -0.39 is 0 Å². The van der Waals surface area contributed by atoms with Gasteiger partial charge in [-0.1, -0.05) is 146 Å². The zero-order valence-electron chi connectivity index (χ0n) is 31.3. The number of anilines is 2. The molecule has 0 aliphatic heterocycles. The molecule has 1 nitrogen and oxygen atoms in total. The van der Waals surface area contributed by atoms with E-state index in [0.29, 0.717) is 17.8 Å². The Morgan fingerprint density at radius 2 is 1.31 bits per heavy atom. The van der Waals surface area contributed by atoms with Gasteiger partial charge < -0.3 is 4.90 Å². The third kappa shape index (κ3) is 5.51. The summed E-state index contributed by atoms with van der Waals surface area (Å²) < 4.78 is 0. The maximum Gasteiger partial charge on any atom is 0.0618 e. The number of hydrogen-bond donors (Lipinski definition) is 0. The van der Waals surface area contributed by atoms with Gasteiger partial charge in [-0.3, -0.25) is 0 Å². The van der Waals surface area contributed by atoms with Crippen molar-refractivity contribution in [1.29, 1.82) is 0 Å². The average Bonchev–Trinajstić information content (AvgIpc) is 3.26. The summed E-state index contributed by atoms with van der Waals surface area (Å²) >= 11 is 0. The highest BCUT2D eigenvalue weighted by Crippen LogP contribution is 2.49. The van der Waals surface area contributed by atoms with Crippen LogP contribution in [0.2, 0.25) is 0 Å². The van der Waals surface area contributed by atoms with Crippen LogP contribution in [0.1, 0.15) is 72.6 Å². The Labute approximate surface area is 324 Å². The highest BCUT2D eigenvalue weighted by molar-refractivity contribution is 6.13. The average molecular weight is 708 g/mol. The molecule has 55 heavy (non-hydrogen) atoms. The molecule has 6 aromatic carbocycles. The number of aryl methyl sites for hydroxylation is 1. The van der Waals surface area contributed by atoms with Crippen molar-refractivity contribution in [3.63, 3.8) is 0 Å². The van der Waals surface area contributed by atoms with E-state index in [2.05, 4.69) is 175 Å². The van der Waals surface area contributed by atoms with E-state index >= 15 is 0 Å². The van der Waals surface area contributed by atoms with Gasteiger partial charge in [-0.15, -0.1) is 0 Å². The Morgan fingerprint density at radius 3 is 2.09 bits per heavy atom. The first-order valence-corrected chi connectivity index (χ1v) is 20.5. The molecule has 3 unspecified atom stereocenters. The van der Waals surface area contributed by atoms with Crippen molar-refractivity contribution < 1.29 is 0 Å². The third-order valence-electron chi connectivity index (χ3n) is 13.0. The minimum absolute atomic E-state index is 0.313. The summed E-state index contributed by atoms with van der Waals surface area (Å²) in [6.07, 6.45) is 32.1. The second kappa shape index (κ2) is 13.4. The summed E-state index contributed by atoms with van der Waals surface area (Å²) in [7, 11) is 0. The van der Waals surface area contributed by atoms with E-state index in [-0.39, 0.29) is 0 Å². The van der Waals surface area contributed by atoms with Crippen LogP contribution >= 0.6 is 0 Å². The minimum atomic E-state index is 0.313. The fourth-order valence-electron chi connectivity index (χ4n) is 10.4. The zero-order chi connectivity index (χ0) is 36.3. The maximum absolute atomic E-state index is 2.61. The Bertz CT molecular complexity index is 2690. The van der Waals surface area contributed by atoms with Gasteiger partial charge in [0.1, 0.15) is 0 Å². The molecule has 1 heteroatoms. The molecule has 0 radical (unpaired) electrons. The van der Waals surface area contributed by atoms with Crippen LogP contribution in [-0.4, -0.2) is 0 Å². The van der Waals surface area contributed by atoms with Crippen LogP contribution in [0.25, 0.3) is 38.4 Å².